The van der Waals surface area contributed by atoms with Crippen LogP contribution in [0.4, 0.5) is 11.4 Å². The molecule has 2 heterocycles. The number of aromatic nitrogens is 3. The van der Waals surface area contributed by atoms with Gasteiger partial charge in [-0.1, -0.05) is 0 Å². The van der Waals surface area contributed by atoms with E-state index in [1.54, 1.807) is 16.8 Å². The minimum Gasteiger partial charge on any atom is -0.374 e. The summed E-state index contributed by atoms with van der Waals surface area (Å²) >= 11 is 1.45. The second kappa shape index (κ2) is 5.13. The van der Waals surface area contributed by atoms with Crippen LogP contribution in [-0.2, 0) is 13.6 Å². The van der Waals surface area contributed by atoms with Gasteiger partial charge in [-0.25, -0.2) is 4.98 Å². The van der Waals surface area contributed by atoms with Crippen molar-refractivity contribution in [3.8, 4) is 0 Å². The van der Waals surface area contributed by atoms with Crippen molar-refractivity contribution < 1.29 is 4.92 Å². The van der Waals surface area contributed by atoms with E-state index in [4.69, 9.17) is 0 Å². The smallest absolute Gasteiger partial charge is 0.293 e. The summed E-state index contributed by atoms with van der Waals surface area (Å²) in [5, 5.41) is 19.4. The van der Waals surface area contributed by atoms with Gasteiger partial charge in [0.25, 0.3) is 5.69 Å². The van der Waals surface area contributed by atoms with Crippen LogP contribution in [0, 0.1) is 17.0 Å². The molecule has 1 N–H and O–H groups in total. The van der Waals surface area contributed by atoms with Crippen LogP contribution in [0.1, 0.15) is 10.7 Å². The summed E-state index contributed by atoms with van der Waals surface area (Å²) in [6, 6.07) is 5.16. The fourth-order valence-corrected chi connectivity index (χ4v) is 2.96. The topological polar surface area (TPSA) is 85.9 Å². The predicted molar refractivity (Wildman–Crippen MR) is 81.5 cm³/mol. The van der Waals surface area contributed by atoms with E-state index in [0.717, 1.165) is 20.9 Å². The molecule has 0 saturated carbocycles. The first-order valence-electron chi connectivity index (χ1n) is 6.31. The summed E-state index contributed by atoms with van der Waals surface area (Å²) in [6.07, 6.45) is 1.83. The number of nitrogens with zero attached hydrogens (tertiary/aromatic N) is 4. The summed E-state index contributed by atoms with van der Waals surface area (Å²) in [4.78, 5) is 15.2. The molecule has 0 aliphatic carbocycles. The van der Waals surface area contributed by atoms with Crippen molar-refractivity contribution in [2.75, 3.05) is 5.32 Å². The summed E-state index contributed by atoms with van der Waals surface area (Å²) < 4.78 is 2.51. The highest BCUT2D eigenvalue weighted by Crippen LogP contribution is 2.33. The van der Waals surface area contributed by atoms with Gasteiger partial charge in [0.1, 0.15) is 5.69 Å². The molecular weight excluding hydrogens is 290 g/mol. The van der Waals surface area contributed by atoms with Crippen molar-refractivity contribution in [2.45, 2.75) is 13.5 Å². The minimum atomic E-state index is -0.380. The van der Waals surface area contributed by atoms with Gasteiger partial charge in [-0.3, -0.25) is 14.8 Å². The van der Waals surface area contributed by atoms with Gasteiger partial charge in [0.05, 0.1) is 32.4 Å². The fourth-order valence-electron chi connectivity index (χ4n) is 2.11. The Kier molecular flexibility index (Phi) is 3.30. The van der Waals surface area contributed by atoms with Gasteiger partial charge < -0.3 is 5.32 Å². The van der Waals surface area contributed by atoms with E-state index < -0.39 is 0 Å². The first kappa shape index (κ1) is 13.5. The molecule has 0 fully saturated rings. The zero-order valence-corrected chi connectivity index (χ0v) is 12.3. The lowest BCUT2D eigenvalue weighted by Gasteiger charge is -2.05. The average Bonchev–Trinajstić information content (AvgIpc) is 2.99. The zero-order chi connectivity index (χ0) is 15.0. The van der Waals surface area contributed by atoms with Crippen LogP contribution in [0.25, 0.3) is 10.2 Å². The van der Waals surface area contributed by atoms with E-state index >= 15 is 0 Å². The third-order valence-electron chi connectivity index (χ3n) is 3.04. The van der Waals surface area contributed by atoms with Crippen LogP contribution in [0.3, 0.4) is 0 Å². The van der Waals surface area contributed by atoms with Crippen molar-refractivity contribution in [2.24, 2.45) is 7.05 Å². The predicted octanol–water partition coefficient (Wildman–Crippen LogP) is 2.86. The summed E-state index contributed by atoms with van der Waals surface area (Å²) in [6.45, 7) is 2.31. The lowest BCUT2D eigenvalue weighted by atomic mass is 10.2. The fraction of sp³-hybridized carbons (Fsp3) is 0.231. The lowest BCUT2D eigenvalue weighted by molar-refractivity contribution is -0.383. The summed E-state index contributed by atoms with van der Waals surface area (Å²) in [5.41, 5.74) is 2.11. The Morgan fingerprint density at radius 1 is 1.48 bits per heavy atom. The second-order valence-corrected chi connectivity index (χ2v) is 5.90. The normalized spacial score (nSPS) is 11.0. The molecule has 0 aliphatic heterocycles. The largest absolute Gasteiger partial charge is 0.374 e. The molecule has 21 heavy (non-hydrogen) atoms. The van der Waals surface area contributed by atoms with E-state index in [2.05, 4.69) is 15.4 Å². The van der Waals surface area contributed by atoms with Gasteiger partial charge in [0.2, 0.25) is 0 Å². The number of nitrogens with one attached hydrogen (secondary N) is 1. The Balaban J connectivity index is 1.95. The molecule has 2 aromatic heterocycles. The Labute approximate surface area is 124 Å². The monoisotopic (exact) mass is 303 g/mol. The summed E-state index contributed by atoms with van der Waals surface area (Å²) in [5.74, 6) is 0. The lowest BCUT2D eigenvalue weighted by Crippen LogP contribution is -2.03. The Morgan fingerprint density at radius 2 is 2.29 bits per heavy atom. The second-order valence-electron chi connectivity index (χ2n) is 4.66. The highest BCUT2D eigenvalue weighted by Gasteiger charge is 2.17. The van der Waals surface area contributed by atoms with E-state index in [0.29, 0.717) is 12.2 Å². The molecule has 0 spiro atoms. The highest BCUT2D eigenvalue weighted by atomic mass is 32.1. The van der Waals surface area contributed by atoms with Crippen LogP contribution >= 0.6 is 11.3 Å². The molecule has 7 nitrogen and oxygen atoms in total. The molecule has 8 heteroatoms. The number of benzene rings is 1. The number of nitro groups is 1. The quantitative estimate of drug-likeness (QED) is 0.591. The van der Waals surface area contributed by atoms with Gasteiger partial charge >= 0.3 is 0 Å². The van der Waals surface area contributed by atoms with Gasteiger partial charge in [-0.2, -0.15) is 5.10 Å². The number of thiazole rings is 1. The van der Waals surface area contributed by atoms with E-state index in [-0.39, 0.29) is 10.6 Å². The first-order valence-corrected chi connectivity index (χ1v) is 7.12. The van der Waals surface area contributed by atoms with Crippen molar-refractivity contribution in [1.29, 1.82) is 0 Å². The van der Waals surface area contributed by atoms with Crippen molar-refractivity contribution in [3.63, 3.8) is 0 Å². The molecule has 1 aromatic carbocycles. The third kappa shape index (κ3) is 2.70. The maximum atomic E-state index is 11.2. The molecule has 0 radical (unpaired) electrons. The molecule has 0 atom stereocenters. The number of rotatable bonds is 4. The van der Waals surface area contributed by atoms with Crippen molar-refractivity contribution in [1.82, 2.24) is 14.8 Å². The van der Waals surface area contributed by atoms with Gasteiger partial charge in [-0.05, 0) is 19.1 Å². The molecular formula is C13H13N5O2S. The molecule has 0 unspecified atom stereocenters. The molecule has 0 aliphatic rings. The van der Waals surface area contributed by atoms with E-state index in [1.165, 1.54) is 11.3 Å². The van der Waals surface area contributed by atoms with Crippen molar-refractivity contribution in [3.05, 3.63) is 45.2 Å². The molecule has 0 bridgehead atoms. The Morgan fingerprint density at radius 3 is 2.95 bits per heavy atom. The Hall–Kier alpha value is -2.48. The maximum Gasteiger partial charge on any atom is 0.293 e. The highest BCUT2D eigenvalue weighted by molar-refractivity contribution is 7.18. The van der Waals surface area contributed by atoms with Crippen LogP contribution < -0.4 is 5.32 Å². The van der Waals surface area contributed by atoms with Crippen LogP contribution in [0.5, 0.6) is 0 Å². The zero-order valence-electron chi connectivity index (χ0n) is 11.5. The third-order valence-corrected chi connectivity index (χ3v) is 3.97. The maximum absolute atomic E-state index is 11.2. The van der Waals surface area contributed by atoms with Gasteiger partial charge in [-0.15, -0.1) is 11.3 Å². The number of hydrogen-bond donors (Lipinski definition) is 1. The van der Waals surface area contributed by atoms with Gasteiger partial charge in [0.15, 0.2) is 0 Å². The van der Waals surface area contributed by atoms with E-state index in [9.17, 15) is 10.1 Å². The van der Waals surface area contributed by atoms with E-state index in [1.807, 2.05) is 26.2 Å². The molecule has 108 valence electrons. The van der Waals surface area contributed by atoms with Crippen LogP contribution in [-0.4, -0.2) is 19.7 Å². The molecule has 3 rings (SSSR count). The SMILES string of the molecule is Cc1nc2cc(NCc3ccn(C)n3)c([N+](=O)[O-])cc2s1. The number of anilines is 1. The first-order chi connectivity index (χ1) is 10.0. The van der Waals surface area contributed by atoms with Gasteiger partial charge in [0, 0.05) is 19.3 Å². The standard InChI is InChI=1S/C13H13N5O2S/c1-8-15-11-5-10(12(18(19)20)6-13(11)21-8)14-7-9-3-4-17(2)16-9/h3-6,14H,7H2,1-2H3. The number of hydrogen-bond acceptors (Lipinski definition) is 6. The number of aryl methyl sites for hydroxylation is 2. The minimum absolute atomic E-state index is 0.0575. The summed E-state index contributed by atoms with van der Waals surface area (Å²) in [7, 11) is 1.83. The van der Waals surface area contributed by atoms with Crippen molar-refractivity contribution >= 4 is 32.9 Å². The Bertz CT molecular complexity index is 823. The molecule has 0 saturated heterocycles. The average molecular weight is 303 g/mol. The molecule has 3 aromatic rings. The van der Waals surface area contributed by atoms with Crippen LogP contribution in [0.2, 0.25) is 0 Å². The molecule has 0 amide bonds. The number of fused-ring (bicyclic) bond motifs is 1. The van der Waals surface area contributed by atoms with Crippen LogP contribution in [0.15, 0.2) is 24.4 Å². The number of nitro benzene ring substituents is 1.